The Morgan fingerprint density at radius 2 is 2.00 bits per heavy atom. The average molecular weight is 288 g/mol. The van der Waals surface area contributed by atoms with Crippen LogP contribution >= 0.6 is 11.6 Å². The van der Waals surface area contributed by atoms with Gasteiger partial charge in [0.1, 0.15) is 11.4 Å². The van der Waals surface area contributed by atoms with Gasteiger partial charge in [-0.2, -0.15) is 0 Å². The van der Waals surface area contributed by atoms with Crippen molar-refractivity contribution in [2.45, 2.75) is 26.4 Å². The van der Waals surface area contributed by atoms with Crippen LogP contribution in [-0.2, 0) is 4.74 Å². The van der Waals surface area contributed by atoms with Gasteiger partial charge in [-0.25, -0.2) is 9.18 Å². The molecule has 1 aromatic rings. The van der Waals surface area contributed by atoms with Crippen LogP contribution in [0.3, 0.4) is 0 Å². The van der Waals surface area contributed by atoms with Gasteiger partial charge < -0.3 is 10.1 Å². The van der Waals surface area contributed by atoms with Gasteiger partial charge in [-0.1, -0.05) is 17.7 Å². The first-order chi connectivity index (χ1) is 8.70. The highest BCUT2D eigenvalue weighted by molar-refractivity contribution is 6.34. The van der Waals surface area contributed by atoms with E-state index in [2.05, 4.69) is 5.32 Å². The quantitative estimate of drug-likeness (QED) is 0.869. The minimum absolute atomic E-state index is 0.0257. The maximum Gasteiger partial charge on any atom is 0.408 e. The van der Waals surface area contributed by atoms with Gasteiger partial charge in [0.05, 0.1) is 11.6 Å². The number of benzene rings is 1. The molecule has 0 radical (unpaired) electrons. The Labute approximate surface area is 115 Å². The minimum atomic E-state index is -0.714. The summed E-state index contributed by atoms with van der Waals surface area (Å²) >= 11 is 5.67. The van der Waals surface area contributed by atoms with Gasteiger partial charge in [-0.3, -0.25) is 4.79 Å². The lowest BCUT2D eigenvalue weighted by atomic mass is 10.1. The topological polar surface area (TPSA) is 55.4 Å². The van der Waals surface area contributed by atoms with E-state index in [-0.39, 0.29) is 17.1 Å². The highest BCUT2D eigenvalue weighted by atomic mass is 35.5. The number of Topliss-reactive ketones (excluding diaryl/α,β-unsaturated/α-hetero) is 1. The maximum atomic E-state index is 13.2. The van der Waals surface area contributed by atoms with Crippen molar-refractivity contribution in [2.24, 2.45) is 0 Å². The molecule has 0 aliphatic rings. The van der Waals surface area contributed by atoms with Crippen molar-refractivity contribution in [1.29, 1.82) is 0 Å². The molecule has 0 spiro atoms. The Balaban J connectivity index is 2.61. The molecule has 0 saturated carbocycles. The van der Waals surface area contributed by atoms with Gasteiger partial charge in [0, 0.05) is 5.56 Å². The van der Waals surface area contributed by atoms with E-state index in [0.29, 0.717) is 0 Å². The van der Waals surface area contributed by atoms with Crippen molar-refractivity contribution in [2.75, 3.05) is 6.54 Å². The number of alkyl carbamates (subject to hydrolysis) is 1. The number of ketones is 1. The highest BCUT2D eigenvalue weighted by Crippen LogP contribution is 2.19. The number of hydrogen-bond donors (Lipinski definition) is 1. The van der Waals surface area contributed by atoms with E-state index in [0.717, 1.165) is 6.07 Å². The zero-order valence-corrected chi connectivity index (χ0v) is 11.7. The number of rotatable bonds is 3. The number of hydrogen-bond acceptors (Lipinski definition) is 3. The van der Waals surface area contributed by atoms with Crippen molar-refractivity contribution >= 4 is 23.5 Å². The normalized spacial score (nSPS) is 11.0. The molecule has 6 heteroatoms. The standard InChI is InChI=1S/C13H15ClFNO3/c1-13(2,3)19-12(18)16-7-10(17)8-5-4-6-9(15)11(8)14/h4-6H,7H2,1-3H3,(H,16,18). The molecule has 104 valence electrons. The fraction of sp³-hybridized carbons (Fsp3) is 0.385. The summed E-state index contributed by atoms with van der Waals surface area (Å²) in [5.74, 6) is -1.17. The van der Waals surface area contributed by atoms with Gasteiger partial charge in [-0.05, 0) is 32.9 Å². The predicted octanol–water partition coefficient (Wildman–Crippen LogP) is 3.19. The summed E-state index contributed by atoms with van der Waals surface area (Å²) in [6.07, 6.45) is -0.714. The zero-order valence-electron chi connectivity index (χ0n) is 10.9. The van der Waals surface area contributed by atoms with Crippen LogP contribution in [-0.4, -0.2) is 24.0 Å². The van der Waals surface area contributed by atoms with Crippen LogP contribution in [0.25, 0.3) is 0 Å². The van der Waals surface area contributed by atoms with Crippen LogP contribution in [0.15, 0.2) is 18.2 Å². The van der Waals surface area contributed by atoms with Crippen molar-refractivity contribution in [3.8, 4) is 0 Å². The van der Waals surface area contributed by atoms with Crippen molar-refractivity contribution in [3.05, 3.63) is 34.6 Å². The lowest BCUT2D eigenvalue weighted by Gasteiger charge is -2.19. The van der Waals surface area contributed by atoms with Crippen LogP contribution < -0.4 is 5.32 Å². The first kappa shape index (κ1) is 15.4. The molecule has 0 aliphatic heterocycles. The molecule has 1 aromatic carbocycles. The molecule has 0 bridgehead atoms. The molecule has 0 saturated heterocycles. The molecule has 19 heavy (non-hydrogen) atoms. The Kier molecular flexibility index (Phi) is 4.89. The largest absolute Gasteiger partial charge is 0.444 e. The van der Waals surface area contributed by atoms with Crippen molar-refractivity contribution in [1.82, 2.24) is 5.32 Å². The van der Waals surface area contributed by atoms with Crippen LogP contribution in [0.2, 0.25) is 5.02 Å². The SMILES string of the molecule is CC(C)(C)OC(=O)NCC(=O)c1cccc(F)c1Cl. The monoisotopic (exact) mass is 287 g/mol. The maximum absolute atomic E-state index is 13.2. The molecule has 0 unspecified atom stereocenters. The molecular weight excluding hydrogens is 273 g/mol. The summed E-state index contributed by atoms with van der Waals surface area (Å²) in [4.78, 5) is 23.1. The van der Waals surface area contributed by atoms with E-state index in [9.17, 15) is 14.0 Å². The summed E-state index contributed by atoms with van der Waals surface area (Å²) in [5.41, 5.74) is -0.624. The van der Waals surface area contributed by atoms with E-state index in [1.54, 1.807) is 20.8 Å². The van der Waals surface area contributed by atoms with Gasteiger partial charge in [0.2, 0.25) is 0 Å². The Hall–Kier alpha value is -1.62. The molecule has 0 atom stereocenters. The average Bonchev–Trinajstić information content (AvgIpc) is 2.27. The lowest BCUT2D eigenvalue weighted by molar-refractivity contribution is 0.0520. The number of nitrogens with one attached hydrogen (secondary N) is 1. The van der Waals surface area contributed by atoms with E-state index in [4.69, 9.17) is 16.3 Å². The number of amides is 1. The number of carbonyl (C=O) groups is 2. The summed E-state index contributed by atoms with van der Waals surface area (Å²) in [5, 5.41) is 2.04. The third-order valence-electron chi connectivity index (χ3n) is 2.04. The number of ether oxygens (including phenoxy) is 1. The summed E-state index contributed by atoms with van der Waals surface area (Å²) in [6.45, 7) is 4.81. The first-order valence-electron chi connectivity index (χ1n) is 5.65. The second-order valence-corrected chi connectivity index (χ2v) is 5.26. The molecule has 4 nitrogen and oxygen atoms in total. The predicted molar refractivity (Wildman–Crippen MR) is 70.0 cm³/mol. The third-order valence-corrected chi connectivity index (χ3v) is 2.43. The van der Waals surface area contributed by atoms with Gasteiger partial charge in [0.25, 0.3) is 0 Å². The van der Waals surface area contributed by atoms with Crippen LogP contribution in [0.1, 0.15) is 31.1 Å². The zero-order chi connectivity index (χ0) is 14.6. The lowest BCUT2D eigenvalue weighted by Crippen LogP contribution is -2.35. The van der Waals surface area contributed by atoms with E-state index >= 15 is 0 Å². The van der Waals surface area contributed by atoms with Crippen molar-refractivity contribution < 1.29 is 18.7 Å². The molecule has 1 amide bonds. The van der Waals surface area contributed by atoms with Crippen LogP contribution in [0.5, 0.6) is 0 Å². The minimum Gasteiger partial charge on any atom is -0.444 e. The second kappa shape index (κ2) is 6.02. The molecule has 0 heterocycles. The summed E-state index contributed by atoms with van der Waals surface area (Å²) in [7, 11) is 0. The Morgan fingerprint density at radius 1 is 1.37 bits per heavy atom. The van der Waals surface area contributed by atoms with Crippen molar-refractivity contribution in [3.63, 3.8) is 0 Å². The number of halogens is 2. The highest BCUT2D eigenvalue weighted by Gasteiger charge is 2.18. The van der Waals surface area contributed by atoms with Crippen LogP contribution in [0.4, 0.5) is 9.18 Å². The van der Waals surface area contributed by atoms with E-state index in [1.807, 2.05) is 0 Å². The summed E-state index contributed by atoms with van der Waals surface area (Å²) in [6, 6.07) is 3.92. The van der Waals surface area contributed by atoms with Gasteiger partial charge in [-0.15, -0.1) is 0 Å². The third kappa shape index (κ3) is 4.87. The Bertz CT molecular complexity index is 497. The number of carbonyl (C=O) groups excluding carboxylic acids is 2. The molecule has 0 aliphatic carbocycles. The first-order valence-corrected chi connectivity index (χ1v) is 6.02. The van der Waals surface area contributed by atoms with Crippen LogP contribution in [0, 0.1) is 5.82 Å². The van der Waals surface area contributed by atoms with E-state index < -0.39 is 23.3 Å². The van der Waals surface area contributed by atoms with Gasteiger partial charge in [0.15, 0.2) is 5.78 Å². The molecule has 0 aromatic heterocycles. The molecular formula is C13H15ClFNO3. The fourth-order valence-electron chi connectivity index (χ4n) is 1.28. The molecule has 1 N–H and O–H groups in total. The fourth-order valence-corrected chi connectivity index (χ4v) is 1.51. The molecule has 1 rings (SSSR count). The second-order valence-electron chi connectivity index (χ2n) is 4.88. The smallest absolute Gasteiger partial charge is 0.408 e. The Morgan fingerprint density at radius 3 is 2.58 bits per heavy atom. The molecule has 0 fully saturated rings. The van der Waals surface area contributed by atoms with Gasteiger partial charge >= 0.3 is 6.09 Å². The summed E-state index contributed by atoms with van der Waals surface area (Å²) < 4.78 is 18.1. The van der Waals surface area contributed by atoms with E-state index in [1.165, 1.54) is 12.1 Å².